The molecule has 130 valence electrons. The largest absolute Gasteiger partial charge is 0.372 e. The van der Waals surface area contributed by atoms with Crippen LogP contribution >= 0.6 is 11.8 Å². The van der Waals surface area contributed by atoms with Crippen molar-refractivity contribution in [2.24, 2.45) is 0 Å². The number of carbonyl (C=O) groups excluding carboxylic acids is 2. The van der Waals surface area contributed by atoms with Crippen molar-refractivity contribution < 1.29 is 19.1 Å². The fraction of sp³-hybridized carbons (Fsp3) is 0.875. The molecule has 0 bridgehead atoms. The predicted molar refractivity (Wildman–Crippen MR) is 88.4 cm³/mol. The quantitative estimate of drug-likeness (QED) is 0.713. The van der Waals surface area contributed by atoms with Gasteiger partial charge in [-0.3, -0.25) is 9.59 Å². The summed E-state index contributed by atoms with van der Waals surface area (Å²) in [6.07, 6.45) is 3.29. The van der Waals surface area contributed by atoms with Crippen LogP contribution in [0.15, 0.2) is 0 Å². The van der Waals surface area contributed by atoms with Gasteiger partial charge in [-0.15, -0.1) is 11.8 Å². The van der Waals surface area contributed by atoms with Crippen LogP contribution in [0.2, 0.25) is 0 Å². The third-order valence-electron chi connectivity index (χ3n) is 4.82. The van der Waals surface area contributed by atoms with Crippen LogP contribution in [0.25, 0.3) is 0 Å². The van der Waals surface area contributed by atoms with Gasteiger partial charge < -0.3 is 19.3 Å². The number of hydrogen-bond acceptors (Lipinski definition) is 5. The van der Waals surface area contributed by atoms with Crippen LogP contribution in [0.3, 0.4) is 0 Å². The van der Waals surface area contributed by atoms with Crippen molar-refractivity contribution in [3.63, 3.8) is 0 Å². The van der Waals surface area contributed by atoms with Gasteiger partial charge in [-0.2, -0.15) is 0 Å². The van der Waals surface area contributed by atoms with Gasteiger partial charge in [0.25, 0.3) is 0 Å². The first-order valence-electron chi connectivity index (χ1n) is 8.51. The second kappa shape index (κ2) is 7.40. The van der Waals surface area contributed by atoms with Crippen LogP contribution in [0.4, 0.5) is 0 Å². The van der Waals surface area contributed by atoms with Gasteiger partial charge in [-0.25, -0.2) is 0 Å². The Labute approximate surface area is 141 Å². The molecule has 0 aromatic rings. The molecule has 2 amide bonds. The Morgan fingerprint density at radius 3 is 2.52 bits per heavy atom. The zero-order chi connectivity index (χ0) is 16.3. The SMILES string of the molecule is CCOCC(=O)N1CC2(CC(OCC(=O)N3CCCC3)CS2)C1. The first-order chi connectivity index (χ1) is 11.1. The Kier molecular flexibility index (Phi) is 5.49. The third-order valence-corrected chi connectivity index (χ3v) is 6.39. The molecule has 0 aliphatic carbocycles. The summed E-state index contributed by atoms with van der Waals surface area (Å²) in [6.45, 7) is 6.16. The molecule has 0 aromatic carbocycles. The normalized spacial score (nSPS) is 25.9. The molecule has 3 saturated heterocycles. The van der Waals surface area contributed by atoms with E-state index < -0.39 is 0 Å². The Balaban J connectivity index is 1.36. The lowest BCUT2D eigenvalue weighted by Crippen LogP contribution is -2.61. The molecule has 1 unspecified atom stereocenters. The lowest BCUT2D eigenvalue weighted by molar-refractivity contribution is -0.141. The Hall–Kier alpha value is -0.790. The molecule has 0 N–H and O–H groups in total. The van der Waals surface area contributed by atoms with E-state index in [-0.39, 0.29) is 35.9 Å². The molecule has 1 spiro atoms. The van der Waals surface area contributed by atoms with Gasteiger partial charge in [-0.05, 0) is 26.2 Å². The van der Waals surface area contributed by atoms with E-state index in [2.05, 4.69) is 0 Å². The van der Waals surface area contributed by atoms with Gasteiger partial charge >= 0.3 is 0 Å². The van der Waals surface area contributed by atoms with E-state index in [1.807, 2.05) is 28.5 Å². The summed E-state index contributed by atoms with van der Waals surface area (Å²) in [5, 5.41) is 0. The number of rotatable bonds is 6. The number of amides is 2. The van der Waals surface area contributed by atoms with Crippen molar-refractivity contribution in [3.8, 4) is 0 Å². The van der Waals surface area contributed by atoms with Gasteiger partial charge in [0.1, 0.15) is 13.2 Å². The van der Waals surface area contributed by atoms with Gasteiger partial charge in [0.2, 0.25) is 11.8 Å². The van der Waals surface area contributed by atoms with Crippen LogP contribution < -0.4 is 0 Å². The molecule has 3 rings (SSSR count). The lowest BCUT2D eigenvalue weighted by Gasteiger charge is -2.47. The van der Waals surface area contributed by atoms with Crippen LogP contribution in [0, 0.1) is 0 Å². The number of hydrogen-bond donors (Lipinski definition) is 0. The summed E-state index contributed by atoms with van der Waals surface area (Å²) in [5.41, 5.74) is 0. The van der Waals surface area contributed by atoms with Gasteiger partial charge in [0, 0.05) is 38.5 Å². The zero-order valence-corrected chi connectivity index (χ0v) is 14.6. The molecule has 3 aliphatic heterocycles. The van der Waals surface area contributed by atoms with Crippen molar-refractivity contribution in [1.82, 2.24) is 9.80 Å². The molecular weight excluding hydrogens is 316 g/mol. The van der Waals surface area contributed by atoms with Gasteiger partial charge in [-0.1, -0.05) is 0 Å². The number of likely N-dealkylation sites (tertiary alicyclic amines) is 2. The summed E-state index contributed by atoms with van der Waals surface area (Å²) in [7, 11) is 0. The smallest absolute Gasteiger partial charge is 0.248 e. The maximum Gasteiger partial charge on any atom is 0.248 e. The minimum atomic E-state index is 0.0756. The van der Waals surface area contributed by atoms with Crippen molar-refractivity contribution in [3.05, 3.63) is 0 Å². The third kappa shape index (κ3) is 4.00. The minimum absolute atomic E-state index is 0.0756. The first-order valence-corrected chi connectivity index (χ1v) is 9.49. The number of carbonyl (C=O) groups is 2. The minimum Gasteiger partial charge on any atom is -0.372 e. The molecule has 23 heavy (non-hydrogen) atoms. The van der Waals surface area contributed by atoms with Crippen molar-refractivity contribution in [1.29, 1.82) is 0 Å². The van der Waals surface area contributed by atoms with E-state index in [9.17, 15) is 9.59 Å². The number of nitrogens with zero attached hydrogens (tertiary/aromatic N) is 2. The summed E-state index contributed by atoms with van der Waals surface area (Å²) in [4.78, 5) is 27.7. The number of thioether (sulfide) groups is 1. The number of ether oxygens (including phenoxy) is 2. The average Bonchev–Trinajstić information content (AvgIpc) is 3.18. The molecule has 0 radical (unpaired) electrons. The Bertz CT molecular complexity index is 447. The first kappa shape index (κ1) is 17.0. The zero-order valence-electron chi connectivity index (χ0n) is 13.8. The Morgan fingerprint density at radius 2 is 1.83 bits per heavy atom. The maximum atomic E-state index is 12.0. The molecule has 1 atom stereocenters. The standard InChI is InChI=1S/C16H26N2O4S/c1-2-21-8-14(19)18-11-16(12-18)7-13(10-23-16)22-9-15(20)17-5-3-4-6-17/h13H,2-12H2,1H3. The van der Waals surface area contributed by atoms with Gasteiger partial charge in [0.05, 0.1) is 10.9 Å². The van der Waals surface area contributed by atoms with Crippen LogP contribution in [-0.2, 0) is 19.1 Å². The second-order valence-electron chi connectivity index (χ2n) is 6.61. The highest BCUT2D eigenvalue weighted by molar-refractivity contribution is 8.01. The van der Waals surface area contributed by atoms with E-state index in [0.29, 0.717) is 6.61 Å². The second-order valence-corrected chi connectivity index (χ2v) is 8.09. The molecular formula is C16H26N2O4S. The van der Waals surface area contributed by atoms with Crippen LogP contribution in [-0.4, -0.2) is 84.2 Å². The molecule has 3 aliphatic rings. The predicted octanol–water partition coefficient (Wildman–Crippen LogP) is 0.748. The van der Waals surface area contributed by atoms with Crippen molar-refractivity contribution in [2.75, 3.05) is 51.8 Å². The van der Waals surface area contributed by atoms with Crippen LogP contribution in [0.1, 0.15) is 26.2 Å². The summed E-state index contributed by atoms with van der Waals surface area (Å²) in [6, 6.07) is 0. The maximum absolute atomic E-state index is 12.0. The fourth-order valence-corrected chi connectivity index (χ4v) is 5.03. The summed E-state index contributed by atoms with van der Waals surface area (Å²) < 4.78 is 11.1. The van der Waals surface area contributed by atoms with Gasteiger partial charge in [0.15, 0.2) is 0 Å². The molecule has 0 saturated carbocycles. The Morgan fingerprint density at radius 1 is 1.13 bits per heavy atom. The molecule has 0 aromatic heterocycles. The highest BCUT2D eigenvalue weighted by atomic mass is 32.2. The van der Waals surface area contributed by atoms with E-state index >= 15 is 0 Å². The van der Waals surface area contributed by atoms with E-state index in [1.165, 1.54) is 0 Å². The summed E-state index contributed by atoms with van der Waals surface area (Å²) in [5.74, 6) is 1.11. The van der Waals surface area contributed by atoms with Crippen LogP contribution in [0.5, 0.6) is 0 Å². The molecule has 7 heteroatoms. The highest BCUT2D eigenvalue weighted by Crippen LogP contribution is 2.46. The molecule has 3 heterocycles. The monoisotopic (exact) mass is 342 g/mol. The lowest BCUT2D eigenvalue weighted by atomic mass is 9.93. The van der Waals surface area contributed by atoms with Crippen molar-refractivity contribution >= 4 is 23.6 Å². The summed E-state index contributed by atoms with van der Waals surface area (Å²) >= 11 is 1.88. The van der Waals surface area contributed by atoms with E-state index in [4.69, 9.17) is 9.47 Å². The van der Waals surface area contributed by atoms with E-state index in [1.54, 1.807) is 0 Å². The molecule has 3 fully saturated rings. The highest BCUT2D eigenvalue weighted by Gasteiger charge is 2.50. The average molecular weight is 342 g/mol. The topological polar surface area (TPSA) is 59.1 Å². The molecule has 6 nitrogen and oxygen atoms in total. The van der Waals surface area contributed by atoms with Crippen molar-refractivity contribution in [2.45, 2.75) is 37.0 Å². The van der Waals surface area contributed by atoms with E-state index in [0.717, 1.165) is 51.2 Å². The fourth-order valence-electron chi connectivity index (χ4n) is 3.48.